The summed E-state index contributed by atoms with van der Waals surface area (Å²) in [6.07, 6.45) is 2.56. The summed E-state index contributed by atoms with van der Waals surface area (Å²) >= 11 is 0. The van der Waals surface area contributed by atoms with Gasteiger partial charge in [-0.25, -0.2) is 0 Å². The maximum Gasteiger partial charge on any atom is 0.261 e. The monoisotopic (exact) mass is 418 g/mol. The molecule has 7 nitrogen and oxygen atoms in total. The molecule has 0 fully saturated rings. The molecule has 0 aliphatic heterocycles. The van der Waals surface area contributed by atoms with E-state index in [-0.39, 0.29) is 28.8 Å². The molecule has 5 N–H and O–H groups in total. The Morgan fingerprint density at radius 2 is 1.90 bits per heavy atom. The van der Waals surface area contributed by atoms with Gasteiger partial charge in [-0.2, -0.15) is 0 Å². The predicted octanol–water partition coefficient (Wildman–Crippen LogP) is 4.42. The molecule has 0 radical (unpaired) electrons. The molecule has 0 spiro atoms. The first-order valence-corrected chi connectivity index (χ1v) is 10.0. The van der Waals surface area contributed by atoms with Gasteiger partial charge in [0.1, 0.15) is 5.76 Å². The van der Waals surface area contributed by atoms with Gasteiger partial charge >= 0.3 is 0 Å². The normalized spacial score (nSPS) is 11.9. The minimum Gasteiger partial charge on any atom is -0.506 e. The Hall–Kier alpha value is -3.87. The number of aromatic nitrogens is 1. The number of H-pyrrole nitrogens is 1. The predicted molar refractivity (Wildman–Crippen MR) is 124 cm³/mol. The second-order valence-corrected chi connectivity index (χ2v) is 7.74. The van der Waals surface area contributed by atoms with Gasteiger partial charge in [0, 0.05) is 35.4 Å². The van der Waals surface area contributed by atoms with Gasteiger partial charge in [0.15, 0.2) is 0 Å². The van der Waals surface area contributed by atoms with E-state index in [9.17, 15) is 14.7 Å². The van der Waals surface area contributed by atoms with Crippen LogP contribution in [0.25, 0.3) is 16.7 Å². The van der Waals surface area contributed by atoms with Gasteiger partial charge in [-0.05, 0) is 36.6 Å². The summed E-state index contributed by atoms with van der Waals surface area (Å²) in [5.41, 5.74) is 2.38. The van der Waals surface area contributed by atoms with Crippen LogP contribution < -0.4 is 10.6 Å². The summed E-state index contributed by atoms with van der Waals surface area (Å²) in [7, 11) is 0. The molecule has 1 heterocycles. The number of hydrogen-bond donors (Lipinski definition) is 5. The summed E-state index contributed by atoms with van der Waals surface area (Å²) in [6, 6.07) is 12.3. The maximum absolute atomic E-state index is 13.0. The molecule has 7 heteroatoms. The lowest BCUT2D eigenvalue weighted by molar-refractivity contribution is -0.112. The van der Waals surface area contributed by atoms with Crippen molar-refractivity contribution < 1.29 is 14.7 Å². The highest BCUT2D eigenvalue weighted by Crippen LogP contribution is 2.25. The molecule has 0 aliphatic carbocycles. The molecule has 1 aromatic heterocycles. The number of rotatable bonds is 7. The van der Waals surface area contributed by atoms with Crippen LogP contribution in [0.5, 0.6) is 0 Å². The average molecular weight is 418 g/mol. The number of aromatic amines is 1. The van der Waals surface area contributed by atoms with E-state index in [0.29, 0.717) is 17.7 Å². The molecule has 2 amide bonds. The first-order chi connectivity index (χ1) is 14.8. The third-order valence-corrected chi connectivity index (χ3v) is 4.90. The fourth-order valence-electron chi connectivity index (χ4n) is 3.20. The van der Waals surface area contributed by atoms with Gasteiger partial charge in [0.25, 0.3) is 11.8 Å². The fraction of sp³-hybridized carbons (Fsp3) is 0.208. The van der Waals surface area contributed by atoms with Crippen LogP contribution >= 0.6 is 0 Å². The molecule has 0 bridgehead atoms. The lowest BCUT2D eigenvalue weighted by Gasteiger charge is -2.14. The van der Waals surface area contributed by atoms with Gasteiger partial charge in [-0.15, -0.1) is 0 Å². The zero-order valence-electron chi connectivity index (χ0n) is 17.7. The lowest BCUT2D eigenvalue weighted by atomic mass is 10.0. The number of aryl methyl sites for hydroxylation is 1. The summed E-state index contributed by atoms with van der Waals surface area (Å²) in [5.74, 6) is -1.01. The lowest BCUT2D eigenvalue weighted by Crippen LogP contribution is -2.28. The Bertz CT molecular complexity index is 1170. The number of carbonyl (C=O) groups is 2. The molecule has 0 aliphatic rings. The number of anilines is 1. The smallest absolute Gasteiger partial charge is 0.261 e. The summed E-state index contributed by atoms with van der Waals surface area (Å²) in [4.78, 5) is 28.8. The van der Waals surface area contributed by atoms with E-state index in [1.807, 2.05) is 26.0 Å². The largest absolute Gasteiger partial charge is 0.506 e. The maximum atomic E-state index is 13.0. The number of nitrogens with one attached hydrogen (secondary N) is 4. The highest BCUT2D eigenvalue weighted by Gasteiger charge is 2.20. The first-order valence-electron chi connectivity index (χ1n) is 10.0. The van der Waals surface area contributed by atoms with Gasteiger partial charge in [0.2, 0.25) is 0 Å². The molecule has 0 unspecified atom stereocenters. The Kier molecular flexibility index (Phi) is 6.55. The molecule has 0 atom stereocenters. The molecule has 3 rings (SSSR count). The summed E-state index contributed by atoms with van der Waals surface area (Å²) in [6.45, 7) is 6.29. The standard InChI is InChI=1S/C24H26N4O3/c1-14(2)13-27-23(30)18-10-16-8-9-26-20(16)11-21(18)28-24(31)19(12-25)22(29)17-7-5-4-6-15(17)3/h4-12,14,25-26,29H,13H2,1-3H3,(H,27,30)(H,28,31). The highest BCUT2D eigenvalue weighted by atomic mass is 16.3. The van der Waals surface area contributed by atoms with Crippen molar-refractivity contribution in [2.24, 2.45) is 5.92 Å². The number of aliphatic hydroxyl groups is 1. The van der Waals surface area contributed by atoms with Crippen molar-refractivity contribution in [1.82, 2.24) is 10.3 Å². The van der Waals surface area contributed by atoms with Crippen LogP contribution in [0, 0.1) is 18.3 Å². The van der Waals surface area contributed by atoms with E-state index in [1.54, 1.807) is 43.5 Å². The zero-order valence-corrected chi connectivity index (χ0v) is 17.7. The second kappa shape index (κ2) is 9.30. The van der Waals surface area contributed by atoms with Crippen LogP contribution in [-0.2, 0) is 4.79 Å². The van der Waals surface area contributed by atoms with Crippen molar-refractivity contribution in [3.8, 4) is 0 Å². The van der Waals surface area contributed by atoms with E-state index in [0.717, 1.165) is 22.7 Å². The van der Waals surface area contributed by atoms with Crippen LogP contribution in [0.4, 0.5) is 5.69 Å². The third-order valence-electron chi connectivity index (χ3n) is 4.90. The minimum atomic E-state index is -0.681. The Morgan fingerprint density at radius 3 is 2.58 bits per heavy atom. The van der Waals surface area contributed by atoms with Crippen LogP contribution in [0.1, 0.15) is 35.3 Å². The first kappa shape index (κ1) is 21.8. The van der Waals surface area contributed by atoms with E-state index in [2.05, 4.69) is 15.6 Å². The number of aliphatic hydroxyl groups excluding tert-OH is 1. The highest BCUT2D eigenvalue weighted by molar-refractivity contribution is 6.22. The van der Waals surface area contributed by atoms with Crippen molar-refractivity contribution in [2.75, 3.05) is 11.9 Å². The Morgan fingerprint density at radius 1 is 1.16 bits per heavy atom. The van der Waals surface area contributed by atoms with Crippen molar-refractivity contribution in [2.45, 2.75) is 20.8 Å². The topological polar surface area (TPSA) is 118 Å². The molecule has 0 saturated heterocycles. The number of fused-ring (bicyclic) bond motifs is 1. The van der Waals surface area contributed by atoms with Gasteiger partial charge in [-0.3, -0.25) is 9.59 Å². The molecular weight excluding hydrogens is 392 g/mol. The Labute approximate surface area is 180 Å². The van der Waals surface area contributed by atoms with E-state index >= 15 is 0 Å². The number of benzene rings is 2. The van der Waals surface area contributed by atoms with E-state index in [1.165, 1.54) is 0 Å². The van der Waals surface area contributed by atoms with Crippen molar-refractivity contribution in [1.29, 1.82) is 5.41 Å². The van der Waals surface area contributed by atoms with Crippen LogP contribution in [0.3, 0.4) is 0 Å². The van der Waals surface area contributed by atoms with Crippen molar-refractivity contribution in [3.05, 3.63) is 70.9 Å². The molecular formula is C24H26N4O3. The average Bonchev–Trinajstić information content (AvgIpc) is 3.19. The quantitative estimate of drug-likeness (QED) is 0.222. The Balaban J connectivity index is 1.99. The number of carbonyl (C=O) groups excluding carboxylic acids is 2. The van der Waals surface area contributed by atoms with Crippen LogP contribution in [0.15, 0.2) is 54.2 Å². The van der Waals surface area contributed by atoms with E-state index < -0.39 is 5.91 Å². The summed E-state index contributed by atoms with van der Waals surface area (Å²) < 4.78 is 0. The van der Waals surface area contributed by atoms with E-state index in [4.69, 9.17) is 5.41 Å². The number of amides is 2. The minimum absolute atomic E-state index is 0.200. The fourth-order valence-corrected chi connectivity index (χ4v) is 3.20. The third kappa shape index (κ3) is 4.83. The van der Waals surface area contributed by atoms with Gasteiger partial charge in [-0.1, -0.05) is 38.1 Å². The second-order valence-electron chi connectivity index (χ2n) is 7.74. The summed E-state index contributed by atoms with van der Waals surface area (Å²) in [5, 5.41) is 24.7. The van der Waals surface area contributed by atoms with Crippen LogP contribution in [0.2, 0.25) is 0 Å². The molecule has 0 saturated carbocycles. The van der Waals surface area contributed by atoms with Crippen LogP contribution in [-0.4, -0.2) is 34.7 Å². The SMILES string of the molecule is Cc1ccccc1C(O)=C(C=N)C(=O)Nc1cc2[nH]ccc2cc1C(=O)NCC(C)C. The zero-order chi connectivity index (χ0) is 22.5. The van der Waals surface area contributed by atoms with Gasteiger partial charge in [0.05, 0.1) is 16.8 Å². The molecule has 31 heavy (non-hydrogen) atoms. The molecule has 160 valence electrons. The number of hydrogen-bond acceptors (Lipinski definition) is 4. The van der Waals surface area contributed by atoms with Crippen molar-refractivity contribution in [3.63, 3.8) is 0 Å². The molecule has 3 aromatic rings. The van der Waals surface area contributed by atoms with Gasteiger partial charge < -0.3 is 26.1 Å². The van der Waals surface area contributed by atoms with Crippen molar-refractivity contribution >= 4 is 40.4 Å². The molecule has 2 aromatic carbocycles.